The minimum absolute atomic E-state index is 0.0423. The van der Waals surface area contributed by atoms with E-state index in [-0.39, 0.29) is 5.91 Å². The molecule has 0 spiro atoms. The first kappa shape index (κ1) is 24.9. The molecule has 174 valence electrons. The van der Waals surface area contributed by atoms with E-state index in [0.717, 1.165) is 17.8 Å². The predicted octanol–water partition coefficient (Wildman–Crippen LogP) is 5.38. The summed E-state index contributed by atoms with van der Waals surface area (Å²) in [5, 5.41) is 3.92. The van der Waals surface area contributed by atoms with Crippen molar-refractivity contribution >= 4 is 36.7 Å². The molecule has 0 aromatic rings. The SMILES string of the molecule is CC(=O)NN[Si](C(O[Si](C)(C)C)C12CC3CC(CC(C3)C1)C2)([Si](C)(C)C)[Si](C)(C)C. The van der Waals surface area contributed by atoms with Gasteiger partial charge in [0.2, 0.25) is 5.91 Å². The summed E-state index contributed by atoms with van der Waals surface area (Å²) in [6.45, 7) is 24.2. The van der Waals surface area contributed by atoms with Crippen molar-refractivity contribution in [1.82, 2.24) is 10.5 Å². The molecule has 0 saturated heterocycles. The topological polar surface area (TPSA) is 50.4 Å². The number of carbonyl (C=O) groups excluding carboxylic acids is 1. The van der Waals surface area contributed by atoms with Crippen LogP contribution in [0, 0.1) is 23.2 Å². The smallest absolute Gasteiger partial charge is 0.230 e. The molecule has 2 N–H and O–H groups in total. The van der Waals surface area contributed by atoms with Gasteiger partial charge in [0.05, 0.1) is 20.9 Å². The van der Waals surface area contributed by atoms with Crippen molar-refractivity contribution in [3.05, 3.63) is 0 Å². The average molecular weight is 485 g/mol. The Balaban J connectivity index is 2.18. The van der Waals surface area contributed by atoms with E-state index in [0.29, 0.717) is 11.1 Å². The third kappa shape index (κ3) is 4.51. The van der Waals surface area contributed by atoms with Gasteiger partial charge in [-0.3, -0.25) is 15.3 Å². The molecule has 4 fully saturated rings. The van der Waals surface area contributed by atoms with Gasteiger partial charge in [0.25, 0.3) is 0 Å². The van der Waals surface area contributed by atoms with Crippen molar-refractivity contribution in [2.75, 3.05) is 0 Å². The lowest BCUT2D eigenvalue weighted by atomic mass is 9.50. The first-order valence-electron chi connectivity index (χ1n) is 12.2. The number of rotatable bonds is 8. The maximum atomic E-state index is 12.1. The van der Waals surface area contributed by atoms with Crippen molar-refractivity contribution in [3.8, 4) is 0 Å². The van der Waals surface area contributed by atoms with Gasteiger partial charge in [0.1, 0.15) is 0 Å². The minimum Gasteiger partial charge on any atom is -0.416 e. The van der Waals surface area contributed by atoms with Gasteiger partial charge < -0.3 is 4.43 Å². The summed E-state index contributed by atoms with van der Waals surface area (Å²) in [5.41, 5.74) is 3.86. The Hall–Kier alpha value is 0.258. The van der Waals surface area contributed by atoms with Gasteiger partial charge in [-0.25, -0.2) is 0 Å². The highest BCUT2D eigenvalue weighted by atomic mass is 29.6. The van der Waals surface area contributed by atoms with Crippen LogP contribution in [0.3, 0.4) is 0 Å². The van der Waals surface area contributed by atoms with E-state index in [9.17, 15) is 4.79 Å². The zero-order chi connectivity index (χ0) is 22.8. The average Bonchev–Trinajstić information content (AvgIpc) is 2.48. The third-order valence-electron chi connectivity index (χ3n) is 8.31. The molecule has 30 heavy (non-hydrogen) atoms. The summed E-state index contributed by atoms with van der Waals surface area (Å²) in [6.07, 6.45) is 8.52. The highest BCUT2D eigenvalue weighted by molar-refractivity contribution is 7.68. The Morgan fingerprint density at radius 3 is 1.53 bits per heavy atom. The van der Waals surface area contributed by atoms with Crippen LogP contribution < -0.4 is 10.5 Å². The number of carbonyl (C=O) groups is 1. The fourth-order valence-corrected chi connectivity index (χ4v) is 54.4. The Kier molecular flexibility index (Phi) is 6.58. The molecule has 0 aromatic heterocycles. The lowest BCUT2D eigenvalue weighted by Crippen LogP contribution is -2.90. The van der Waals surface area contributed by atoms with E-state index in [1.165, 1.54) is 38.5 Å². The summed E-state index contributed by atoms with van der Waals surface area (Å²) >= 11 is 0. The van der Waals surface area contributed by atoms with Crippen molar-refractivity contribution in [2.24, 2.45) is 23.2 Å². The van der Waals surface area contributed by atoms with Crippen molar-refractivity contribution < 1.29 is 9.22 Å². The summed E-state index contributed by atoms with van der Waals surface area (Å²) < 4.78 is 7.43. The van der Waals surface area contributed by atoms with Crippen molar-refractivity contribution in [3.63, 3.8) is 0 Å². The highest BCUT2D eigenvalue weighted by Crippen LogP contribution is 2.63. The molecule has 8 heteroatoms. The van der Waals surface area contributed by atoms with Crippen LogP contribution in [-0.4, -0.2) is 42.4 Å². The second-order valence-corrected chi connectivity index (χ2v) is 45.1. The molecule has 1 unspecified atom stereocenters. The molecule has 4 rings (SSSR count). The molecule has 4 nitrogen and oxygen atoms in total. The van der Waals surface area contributed by atoms with E-state index in [4.69, 9.17) is 4.43 Å². The second-order valence-electron chi connectivity index (χ2n) is 14.0. The standard InChI is InChI=1S/C22H48N2O2Si4/c1-17(25)23-24-30(28(5,6)7,29(8,9)10)21(26-27(2,3)4)22-14-18-11-19(15-22)13-20(12-18)16-22/h18-21,24H,11-16H2,1-10H3,(H,23,25). The van der Waals surface area contributed by atoms with Crippen LogP contribution in [0.4, 0.5) is 0 Å². The Bertz CT molecular complexity index is 614. The molecule has 1 amide bonds. The van der Waals surface area contributed by atoms with E-state index < -0.39 is 30.8 Å². The zero-order valence-electron chi connectivity index (χ0n) is 21.4. The van der Waals surface area contributed by atoms with Crippen LogP contribution in [0.25, 0.3) is 0 Å². The molecule has 4 aliphatic carbocycles. The van der Waals surface area contributed by atoms with Crippen LogP contribution in [0.1, 0.15) is 45.4 Å². The van der Waals surface area contributed by atoms with E-state index in [2.05, 4.69) is 69.4 Å². The maximum Gasteiger partial charge on any atom is 0.230 e. The van der Waals surface area contributed by atoms with Gasteiger partial charge in [-0.2, -0.15) is 0 Å². The molecule has 0 aromatic carbocycles. The minimum atomic E-state index is -2.18. The molecular weight excluding hydrogens is 437 g/mol. The molecule has 4 aliphatic rings. The number of hydrogen-bond donors (Lipinski definition) is 2. The van der Waals surface area contributed by atoms with Gasteiger partial charge in [0, 0.05) is 6.92 Å². The monoisotopic (exact) mass is 484 g/mol. The van der Waals surface area contributed by atoms with Crippen LogP contribution in [0.2, 0.25) is 58.9 Å². The maximum absolute atomic E-state index is 12.1. The second kappa shape index (κ2) is 7.94. The lowest BCUT2D eigenvalue weighted by molar-refractivity contribution is -0.119. The Morgan fingerprint density at radius 2 is 1.23 bits per heavy atom. The fraction of sp³-hybridized carbons (Fsp3) is 0.955. The van der Waals surface area contributed by atoms with Crippen molar-refractivity contribution in [2.45, 2.75) is 110 Å². The van der Waals surface area contributed by atoms with Crippen LogP contribution >= 0.6 is 0 Å². The zero-order valence-corrected chi connectivity index (χ0v) is 25.4. The number of nitrogens with one attached hydrogen (secondary N) is 2. The molecule has 0 aliphatic heterocycles. The van der Waals surface area contributed by atoms with Gasteiger partial charge in [-0.15, -0.1) is 0 Å². The molecule has 1 atom stereocenters. The van der Waals surface area contributed by atoms with E-state index in [1.807, 2.05) is 0 Å². The predicted molar refractivity (Wildman–Crippen MR) is 138 cm³/mol. The molecular formula is C22H48N2O2Si4. The van der Waals surface area contributed by atoms with Crippen LogP contribution in [0.5, 0.6) is 0 Å². The Labute approximate surface area is 189 Å². The number of amides is 1. The van der Waals surface area contributed by atoms with Gasteiger partial charge >= 0.3 is 0 Å². The summed E-state index contributed by atoms with van der Waals surface area (Å²) in [7, 11) is -7.31. The fourth-order valence-electron chi connectivity index (χ4n) is 8.06. The number of hydrazine groups is 1. The summed E-state index contributed by atoms with van der Waals surface area (Å²) in [5.74, 6) is 2.79. The largest absolute Gasteiger partial charge is 0.416 e. The van der Waals surface area contributed by atoms with E-state index in [1.54, 1.807) is 6.92 Å². The van der Waals surface area contributed by atoms with Crippen LogP contribution in [0.15, 0.2) is 0 Å². The first-order chi connectivity index (χ1) is 13.5. The molecule has 0 radical (unpaired) electrons. The Morgan fingerprint density at radius 1 is 0.833 bits per heavy atom. The quantitative estimate of drug-likeness (QED) is 0.359. The molecule has 4 saturated carbocycles. The lowest BCUT2D eigenvalue weighted by Gasteiger charge is -2.66. The normalized spacial score (nSPS) is 32.9. The molecule has 4 bridgehead atoms. The van der Waals surface area contributed by atoms with Crippen molar-refractivity contribution in [1.29, 1.82) is 0 Å². The van der Waals surface area contributed by atoms with Gasteiger partial charge in [-0.05, 0) is 81.3 Å². The van der Waals surface area contributed by atoms with Gasteiger partial charge in [0.15, 0.2) is 15.6 Å². The number of hydrogen-bond acceptors (Lipinski definition) is 3. The first-order valence-corrected chi connectivity index (χ1v) is 26.7. The van der Waals surface area contributed by atoms with E-state index >= 15 is 0 Å². The summed E-state index contributed by atoms with van der Waals surface area (Å²) in [6, 6.07) is 0. The van der Waals surface area contributed by atoms with Crippen LogP contribution in [-0.2, 0) is 9.22 Å². The van der Waals surface area contributed by atoms with Gasteiger partial charge in [-0.1, -0.05) is 39.3 Å². The molecule has 0 heterocycles. The third-order valence-corrected chi connectivity index (χ3v) is 46.3. The highest BCUT2D eigenvalue weighted by Gasteiger charge is 2.68. The summed E-state index contributed by atoms with van der Waals surface area (Å²) in [4.78, 5) is 12.1.